The van der Waals surface area contributed by atoms with E-state index < -0.39 is 0 Å². The third-order valence-corrected chi connectivity index (χ3v) is 5.16. The number of nitrogens with zero attached hydrogens (tertiary/aromatic N) is 4. The van der Waals surface area contributed by atoms with Gasteiger partial charge in [-0.2, -0.15) is 5.10 Å². The molecule has 0 fully saturated rings. The highest BCUT2D eigenvalue weighted by Crippen LogP contribution is 2.26. The maximum Gasteiger partial charge on any atom is 0.234 e. The SMILES string of the molecule is CC(=O)Nc1ccc(NC(=O)CSc2ncnc3c2cnn3-c2ccccc2)cc1. The van der Waals surface area contributed by atoms with Gasteiger partial charge in [-0.15, -0.1) is 0 Å². The van der Waals surface area contributed by atoms with Crippen LogP contribution in [0.3, 0.4) is 0 Å². The molecule has 0 radical (unpaired) electrons. The molecule has 0 saturated carbocycles. The standard InChI is InChI=1S/C21H18N6O2S/c1-14(28)25-15-7-9-16(10-8-15)26-19(29)12-30-21-18-11-24-27(20(18)22-13-23-21)17-5-3-2-4-6-17/h2-11,13H,12H2,1H3,(H,25,28)(H,26,29). The molecule has 4 aromatic rings. The fourth-order valence-electron chi connectivity index (χ4n) is 2.87. The molecule has 0 atom stereocenters. The number of carbonyl (C=O) groups is 2. The number of hydrogen-bond donors (Lipinski definition) is 2. The molecule has 30 heavy (non-hydrogen) atoms. The van der Waals surface area contributed by atoms with Gasteiger partial charge in [-0.1, -0.05) is 30.0 Å². The number of thioether (sulfide) groups is 1. The summed E-state index contributed by atoms with van der Waals surface area (Å²) in [6.07, 6.45) is 3.19. The van der Waals surface area contributed by atoms with Crippen LogP contribution in [0.15, 0.2) is 72.1 Å². The molecule has 0 bridgehead atoms. The summed E-state index contributed by atoms with van der Waals surface area (Å²) in [4.78, 5) is 32.1. The highest BCUT2D eigenvalue weighted by Gasteiger charge is 2.13. The molecule has 8 nitrogen and oxygen atoms in total. The Hall–Kier alpha value is -3.72. The van der Waals surface area contributed by atoms with E-state index in [1.54, 1.807) is 35.1 Å². The molecule has 0 aliphatic heterocycles. The molecule has 0 unspecified atom stereocenters. The van der Waals surface area contributed by atoms with Crippen molar-refractivity contribution in [2.75, 3.05) is 16.4 Å². The first-order valence-electron chi connectivity index (χ1n) is 9.14. The van der Waals surface area contributed by atoms with Crippen molar-refractivity contribution in [1.29, 1.82) is 0 Å². The first kappa shape index (κ1) is 19.6. The number of aromatic nitrogens is 4. The number of hydrogen-bond acceptors (Lipinski definition) is 6. The largest absolute Gasteiger partial charge is 0.326 e. The molecule has 0 aliphatic rings. The summed E-state index contributed by atoms with van der Waals surface area (Å²) in [7, 11) is 0. The lowest BCUT2D eigenvalue weighted by atomic mass is 10.3. The lowest BCUT2D eigenvalue weighted by Gasteiger charge is -2.07. The maximum absolute atomic E-state index is 12.3. The van der Waals surface area contributed by atoms with Gasteiger partial charge in [0, 0.05) is 18.3 Å². The van der Waals surface area contributed by atoms with Gasteiger partial charge >= 0.3 is 0 Å². The average Bonchev–Trinajstić information content (AvgIpc) is 3.19. The third kappa shape index (κ3) is 4.47. The molecule has 2 aromatic carbocycles. The fourth-order valence-corrected chi connectivity index (χ4v) is 3.63. The molecule has 2 heterocycles. The Bertz CT molecular complexity index is 1190. The quantitative estimate of drug-likeness (QED) is 0.367. The van der Waals surface area contributed by atoms with Gasteiger partial charge in [0.25, 0.3) is 0 Å². The van der Waals surface area contributed by atoms with E-state index in [4.69, 9.17) is 0 Å². The van der Waals surface area contributed by atoms with Gasteiger partial charge in [-0.05, 0) is 36.4 Å². The summed E-state index contributed by atoms with van der Waals surface area (Å²) in [5, 5.41) is 11.4. The zero-order valence-electron chi connectivity index (χ0n) is 16.1. The lowest BCUT2D eigenvalue weighted by Crippen LogP contribution is -2.14. The Morgan fingerprint density at radius 3 is 2.37 bits per heavy atom. The number of carbonyl (C=O) groups excluding carboxylic acids is 2. The van der Waals surface area contributed by atoms with E-state index in [2.05, 4.69) is 25.7 Å². The minimum atomic E-state index is -0.158. The van der Waals surface area contributed by atoms with E-state index in [9.17, 15) is 9.59 Å². The predicted molar refractivity (Wildman–Crippen MR) is 117 cm³/mol. The normalized spacial score (nSPS) is 10.7. The lowest BCUT2D eigenvalue weighted by molar-refractivity contribution is -0.114. The number of nitrogens with one attached hydrogen (secondary N) is 2. The fraction of sp³-hybridized carbons (Fsp3) is 0.0952. The van der Waals surface area contributed by atoms with Crippen molar-refractivity contribution in [3.05, 3.63) is 67.1 Å². The second kappa shape index (κ2) is 8.75. The molecule has 2 amide bonds. The Labute approximate surface area is 176 Å². The van der Waals surface area contributed by atoms with E-state index in [1.807, 2.05) is 30.3 Å². The molecule has 0 saturated heterocycles. The zero-order chi connectivity index (χ0) is 20.9. The van der Waals surface area contributed by atoms with Crippen molar-refractivity contribution in [2.45, 2.75) is 11.9 Å². The van der Waals surface area contributed by atoms with Crippen LogP contribution in [-0.2, 0) is 9.59 Å². The number of anilines is 2. The highest BCUT2D eigenvalue weighted by molar-refractivity contribution is 8.00. The molecule has 2 N–H and O–H groups in total. The van der Waals surface area contributed by atoms with Gasteiger partial charge in [0.15, 0.2) is 5.65 Å². The van der Waals surface area contributed by atoms with Gasteiger partial charge in [-0.3, -0.25) is 9.59 Å². The van der Waals surface area contributed by atoms with Crippen LogP contribution in [0.25, 0.3) is 16.7 Å². The Kier molecular flexibility index (Phi) is 5.71. The van der Waals surface area contributed by atoms with Gasteiger partial charge in [0.2, 0.25) is 11.8 Å². The Balaban J connectivity index is 1.43. The van der Waals surface area contributed by atoms with E-state index in [0.29, 0.717) is 22.0 Å². The molecule has 2 aromatic heterocycles. The number of amides is 2. The number of benzene rings is 2. The Morgan fingerprint density at radius 2 is 1.67 bits per heavy atom. The van der Waals surface area contributed by atoms with Crippen molar-refractivity contribution in [2.24, 2.45) is 0 Å². The summed E-state index contributed by atoms with van der Waals surface area (Å²) >= 11 is 1.32. The predicted octanol–water partition coefficient (Wildman–Crippen LogP) is 3.50. The number of rotatable bonds is 6. The Morgan fingerprint density at radius 1 is 0.967 bits per heavy atom. The van der Waals surface area contributed by atoms with E-state index >= 15 is 0 Å². The van der Waals surface area contributed by atoms with Crippen LogP contribution in [0.2, 0.25) is 0 Å². The summed E-state index contributed by atoms with van der Waals surface area (Å²) < 4.78 is 1.75. The highest BCUT2D eigenvalue weighted by atomic mass is 32.2. The van der Waals surface area contributed by atoms with Gasteiger partial charge in [-0.25, -0.2) is 14.6 Å². The van der Waals surface area contributed by atoms with Gasteiger partial charge in [0.1, 0.15) is 11.4 Å². The third-order valence-electron chi connectivity index (χ3n) is 4.16. The summed E-state index contributed by atoms with van der Waals surface area (Å²) in [6, 6.07) is 16.7. The van der Waals surface area contributed by atoms with E-state index in [1.165, 1.54) is 25.0 Å². The summed E-state index contributed by atoms with van der Waals surface area (Å²) in [6.45, 7) is 1.45. The average molecular weight is 418 g/mol. The van der Waals surface area contributed by atoms with Crippen LogP contribution in [0.4, 0.5) is 11.4 Å². The van der Waals surface area contributed by atoms with Gasteiger partial charge in [0.05, 0.1) is 23.0 Å². The number of para-hydroxylation sites is 1. The smallest absolute Gasteiger partial charge is 0.234 e. The molecular formula is C21H18N6O2S. The van der Waals surface area contributed by atoms with Crippen molar-refractivity contribution < 1.29 is 9.59 Å². The van der Waals surface area contributed by atoms with E-state index in [0.717, 1.165) is 11.1 Å². The van der Waals surface area contributed by atoms with Crippen LogP contribution in [-0.4, -0.2) is 37.3 Å². The molecule has 0 spiro atoms. The van der Waals surface area contributed by atoms with Crippen LogP contribution in [0, 0.1) is 0 Å². The monoisotopic (exact) mass is 418 g/mol. The molecule has 0 aliphatic carbocycles. The van der Waals surface area contributed by atoms with Crippen LogP contribution >= 0.6 is 11.8 Å². The number of fused-ring (bicyclic) bond motifs is 1. The molecular weight excluding hydrogens is 400 g/mol. The van der Waals surface area contributed by atoms with Crippen LogP contribution in [0.1, 0.15) is 6.92 Å². The second-order valence-electron chi connectivity index (χ2n) is 6.40. The van der Waals surface area contributed by atoms with Crippen molar-refractivity contribution >= 4 is 46.0 Å². The molecule has 150 valence electrons. The van der Waals surface area contributed by atoms with Crippen LogP contribution < -0.4 is 10.6 Å². The minimum Gasteiger partial charge on any atom is -0.326 e. The van der Waals surface area contributed by atoms with Crippen molar-refractivity contribution in [1.82, 2.24) is 19.7 Å². The van der Waals surface area contributed by atoms with Gasteiger partial charge < -0.3 is 10.6 Å². The summed E-state index contributed by atoms with van der Waals surface area (Å²) in [5.74, 6) is -0.111. The van der Waals surface area contributed by atoms with E-state index in [-0.39, 0.29) is 17.6 Å². The van der Waals surface area contributed by atoms with Crippen molar-refractivity contribution in [3.8, 4) is 5.69 Å². The first-order valence-corrected chi connectivity index (χ1v) is 10.1. The van der Waals surface area contributed by atoms with Crippen molar-refractivity contribution in [3.63, 3.8) is 0 Å². The second-order valence-corrected chi connectivity index (χ2v) is 7.37. The maximum atomic E-state index is 12.3. The topological polar surface area (TPSA) is 102 Å². The molecule has 9 heteroatoms. The first-order chi connectivity index (χ1) is 14.6. The molecule has 4 rings (SSSR count). The van der Waals surface area contributed by atoms with Crippen LogP contribution in [0.5, 0.6) is 0 Å². The minimum absolute atomic E-state index is 0.144. The summed E-state index contributed by atoms with van der Waals surface area (Å²) in [5.41, 5.74) is 2.92. The zero-order valence-corrected chi connectivity index (χ0v) is 16.9.